The summed E-state index contributed by atoms with van der Waals surface area (Å²) in [7, 11) is 0. The number of hydrogen-bond donors (Lipinski definition) is 1. The van der Waals surface area contributed by atoms with E-state index < -0.39 is 12.0 Å². The van der Waals surface area contributed by atoms with E-state index in [4.69, 9.17) is 0 Å². The van der Waals surface area contributed by atoms with Gasteiger partial charge in [0.15, 0.2) is 0 Å². The van der Waals surface area contributed by atoms with E-state index in [1.165, 1.54) is 16.9 Å². The maximum atomic E-state index is 11.4. The summed E-state index contributed by atoms with van der Waals surface area (Å²) in [6.45, 7) is 1.26. The summed E-state index contributed by atoms with van der Waals surface area (Å²) in [4.78, 5) is 17.7. The highest BCUT2D eigenvalue weighted by molar-refractivity contribution is 7.07. The zero-order valence-corrected chi connectivity index (χ0v) is 11.1. The van der Waals surface area contributed by atoms with E-state index in [2.05, 4.69) is 11.1 Å². The molecule has 0 fully saturated rings. The van der Waals surface area contributed by atoms with Gasteiger partial charge in [-0.05, 0) is 17.5 Å². The van der Waals surface area contributed by atoms with Gasteiger partial charge in [-0.3, -0.25) is 9.69 Å². The number of aromatic nitrogens is 1. The maximum absolute atomic E-state index is 11.4. The fraction of sp³-hybridized carbons (Fsp3) is 0.286. The molecule has 4 nitrogen and oxygen atoms in total. The predicted octanol–water partition coefficient (Wildman–Crippen LogP) is 2.15. The summed E-state index contributed by atoms with van der Waals surface area (Å²) in [6.07, 6.45) is 0.565. The van der Waals surface area contributed by atoms with Crippen molar-refractivity contribution < 1.29 is 9.90 Å². The summed E-state index contributed by atoms with van der Waals surface area (Å²) in [5.41, 5.74) is 5.08. The van der Waals surface area contributed by atoms with Gasteiger partial charge in [-0.1, -0.05) is 24.3 Å². The lowest BCUT2D eigenvalue weighted by molar-refractivity contribution is -0.144. The van der Waals surface area contributed by atoms with E-state index in [9.17, 15) is 9.90 Å². The molecule has 2 heterocycles. The summed E-state index contributed by atoms with van der Waals surface area (Å²) < 4.78 is 0. The molecule has 0 spiro atoms. The molecule has 1 aliphatic heterocycles. The number of hydrogen-bond acceptors (Lipinski definition) is 4. The Bertz CT molecular complexity index is 583. The minimum absolute atomic E-state index is 0.461. The van der Waals surface area contributed by atoms with Crippen molar-refractivity contribution in [3.05, 3.63) is 52.0 Å². The van der Waals surface area contributed by atoms with Gasteiger partial charge in [0.25, 0.3) is 0 Å². The summed E-state index contributed by atoms with van der Waals surface area (Å²) in [5, 5.41) is 11.4. The van der Waals surface area contributed by atoms with Crippen LogP contribution in [0.5, 0.6) is 0 Å². The molecule has 1 aromatic heterocycles. The molecule has 1 aliphatic rings. The molecule has 0 radical (unpaired) electrons. The molecule has 0 bridgehead atoms. The lowest BCUT2D eigenvalue weighted by Crippen LogP contribution is -2.45. The van der Waals surface area contributed by atoms with Crippen molar-refractivity contribution in [1.29, 1.82) is 0 Å². The van der Waals surface area contributed by atoms with Crippen LogP contribution >= 0.6 is 11.3 Å². The zero-order chi connectivity index (χ0) is 13.2. The molecule has 0 saturated heterocycles. The Balaban J connectivity index is 1.87. The summed E-state index contributed by atoms with van der Waals surface area (Å²) in [5.74, 6) is -0.760. The van der Waals surface area contributed by atoms with Gasteiger partial charge in [-0.25, -0.2) is 4.98 Å². The number of thiazole rings is 1. The van der Waals surface area contributed by atoms with Gasteiger partial charge in [0.1, 0.15) is 6.04 Å². The number of carbonyl (C=O) groups is 1. The van der Waals surface area contributed by atoms with Gasteiger partial charge in [-0.15, -0.1) is 11.3 Å². The van der Waals surface area contributed by atoms with E-state index in [-0.39, 0.29) is 0 Å². The Labute approximate surface area is 115 Å². The Morgan fingerprint density at radius 3 is 2.89 bits per heavy atom. The van der Waals surface area contributed by atoms with Crippen molar-refractivity contribution in [1.82, 2.24) is 9.88 Å². The van der Waals surface area contributed by atoms with Crippen LogP contribution in [0.25, 0.3) is 0 Å². The van der Waals surface area contributed by atoms with Crippen LogP contribution in [0, 0.1) is 0 Å². The van der Waals surface area contributed by atoms with Gasteiger partial charge >= 0.3 is 5.97 Å². The third-order valence-corrected chi connectivity index (χ3v) is 4.11. The first-order valence-corrected chi connectivity index (χ1v) is 7.09. The first-order valence-electron chi connectivity index (χ1n) is 6.15. The topological polar surface area (TPSA) is 53.4 Å². The van der Waals surface area contributed by atoms with Gasteiger partial charge < -0.3 is 5.11 Å². The Kier molecular flexibility index (Phi) is 3.31. The standard InChI is InChI=1S/C14H14N2O2S/c17-14(18)13-5-10-3-1-2-4-11(10)6-16(13)7-12-8-19-9-15-12/h1-4,8-9,13H,5-7H2,(H,17,18)/t13-/m1/s1. The lowest BCUT2D eigenvalue weighted by Gasteiger charge is -2.33. The molecule has 1 aromatic carbocycles. The Hall–Kier alpha value is -1.72. The summed E-state index contributed by atoms with van der Waals surface area (Å²) in [6, 6.07) is 7.60. The monoisotopic (exact) mass is 274 g/mol. The third-order valence-electron chi connectivity index (χ3n) is 3.48. The number of carboxylic acids is 1. The van der Waals surface area contributed by atoms with Crippen LogP contribution in [-0.4, -0.2) is 27.0 Å². The van der Waals surface area contributed by atoms with Gasteiger partial charge in [-0.2, -0.15) is 0 Å². The molecular weight excluding hydrogens is 260 g/mol. The average Bonchev–Trinajstić information content (AvgIpc) is 2.90. The molecule has 5 heteroatoms. The molecule has 0 amide bonds. The van der Waals surface area contributed by atoms with Crippen molar-refractivity contribution in [2.45, 2.75) is 25.6 Å². The molecule has 2 aromatic rings. The second-order valence-electron chi connectivity index (χ2n) is 4.71. The molecule has 3 rings (SSSR count). The minimum atomic E-state index is -0.760. The van der Waals surface area contributed by atoms with Crippen molar-refractivity contribution in [2.75, 3.05) is 0 Å². The minimum Gasteiger partial charge on any atom is -0.480 e. The molecule has 1 atom stereocenters. The molecule has 0 unspecified atom stereocenters. The van der Waals surface area contributed by atoms with Crippen molar-refractivity contribution >= 4 is 17.3 Å². The molecule has 1 N–H and O–H groups in total. The first-order chi connectivity index (χ1) is 9.24. The molecule has 98 valence electrons. The van der Waals surface area contributed by atoms with E-state index >= 15 is 0 Å². The fourth-order valence-electron chi connectivity index (χ4n) is 2.51. The van der Waals surface area contributed by atoms with Crippen LogP contribution in [0.4, 0.5) is 0 Å². The van der Waals surface area contributed by atoms with Crippen molar-refractivity contribution in [3.8, 4) is 0 Å². The van der Waals surface area contributed by atoms with E-state index in [1.807, 2.05) is 28.5 Å². The molecule has 0 aliphatic carbocycles. The van der Waals surface area contributed by atoms with E-state index in [0.717, 1.165) is 11.3 Å². The quantitative estimate of drug-likeness (QED) is 0.932. The van der Waals surface area contributed by atoms with E-state index in [0.29, 0.717) is 19.5 Å². The number of fused-ring (bicyclic) bond motifs is 1. The second kappa shape index (κ2) is 5.11. The predicted molar refractivity (Wildman–Crippen MR) is 72.9 cm³/mol. The highest BCUT2D eigenvalue weighted by Gasteiger charge is 2.31. The number of aliphatic carboxylic acids is 1. The molecule has 0 saturated carbocycles. The van der Waals surface area contributed by atoms with Crippen LogP contribution in [0.1, 0.15) is 16.8 Å². The number of nitrogens with zero attached hydrogens (tertiary/aromatic N) is 2. The van der Waals surface area contributed by atoms with Gasteiger partial charge in [0.2, 0.25) is 0 Å². The normalized spacial score (nSPS) is 19.1. The van der Waals surface area contributed by atoms with Crippen LogP contribution in [0.2, 0.25) is 0 Å². The van der Waals surface area contributed by atoms with Gasteiger partial charge in [0, 0.05) is 18.5 Å². The maximum Gasteiger partial charge on any atom is 0.321 e. The second-order valence-corrected chi connectivity index (χ2v) is 5.43. The van der Waals surface area contributed by atoms with Crippen molar-refractivity contribution in [3.63, 3.8) is 0 Å². The Morgan fingerprint density at radius 2 is 2.21 bits per heavy atom. The molecule has 19 heavy (non-hydrogen) atoms. The summed E-state index contributed by atoms with van der Waals surface area (Å²) >= 11 is 1.54. The van der Waals surface area contributed by atoms with Crippen molar-refractivity contribution in [2.24, 2.45) is 0 Å². The third kappa shape index (κ3) is 2.52. The number of carboxylic acid groups (broad SMARTS) is 1. The highest BCUT2D eigenvalue weighted by Crippen LogP contribution is 2.25. The van der Waals surface area contributed by atoms with Crippen LogP contribution in [0.3, 0.4) is 0 Å². The fourth-order valence-corrected chi connectivity index (χ4v) is 3.06. The number of rotatable bonds is 3. The average molecular weight is 274 g/mol. The first kappa shape index (κ1) is 12.3. The van der Waals surface area contributed by atoms with Crippen LogP contribution in [-0.2, 0) is 24.3 Å². The van der Waals surface area contributed by atoms with E-state index in [1.54, 1.807) is 5.51 Å². The number of benzene rings is 1. The zero-order valence-electron chi connectivity index (χ0n) is 10.3. The molecular formula is C14H14N2O2S. The lowest BCUT2D eigenvalue weighted by atomic mass is 9.94. The largest absolute Gasteiger partial charge is 0.480 e. The van der Waals surface area contributed by atoms with Gasteiger partial charge in [0.05, 0.1) is 11.2 Å². The Morgan fingerprint density at radius 1 is 1.42 bits per heavy atom. The smallest absolute Gasteiger partial charge is 0.321 e. The highest BCUT2D eigenvalue weighted by atomic mass is 32.1. The van der Waals surface area contributed by atoms with Crippen LogP contribution in [0.15, 0.2) is 35.2 Å². The SMILES string of the molecule is O=C(O)[C@H]1Cc2ccccc2CN1Cc1cscn1. The van der Waals surface area contributed by atoms with Crippen LogP contribution < -0.4 is 0 Å².